The van der Waals surface area contributed by atoms with Crippen molar-refractivity contribution in [2.75, 3.05) is 13.2 Å². The molecule has 1 aliphatic rings. The maximum Gasteiger partial charge on any atom is 0.261 e. The summed E-state index contributed by atoms with van der Waals surface area (Å²) >= 11 is 0. The highest BCUT2D eigenvalue weighted by Crippen LogP contribution is 2.25. The van der Waals surface area contributed by atoms with Gasteiger partial charge in [0, 0.05) is 18.0 Å². The van der Waals surface area contributed by atoms with E-state index in [0.717, 1.165) is 42.0 Å². The molecule has 178 valence electrons. The Morgan fingerprint density at radius 1 is 0.971 bits per heavy atom. The molecule has 1 aliphatic carbocycles. The maximum atomic E-state index is 13.4. The minimum absolute atomic E-state index is 0.0547. The molecule has 3 aromatic carbocycles. The van der Waals surface area contributed by atoms with Crippen LogP contribution in [0.1, 0.15) is 44.6 Å². The molecule has 0 saturated heterocycles. The van der Waals surface area contributed by atoms with Gasteiger partial charge in [0.1, 0.15) is 11.8 Å². The molecular weight excluding hydrogens is 424 g/mol. The van der Waals surface area contributed by atoms with E-state index in [0.29, 0.717) is 25.1 Å². The molecule has 1 atom stereocenters. The fourth-order valence-corrected chi connectivity index (χ4v) is 4.81. The Labute approximate surface area is 202 Å². The van der Waals surface area contributed by atoms with Gasteiger partial charge in [-0.3, -0.25) is 9.59 Å². The summed E-state index contributed by atoms with van der Waals surface area (Å²) in [6, 6.07) is 23.6. The van der Waals surface area contributed by atoms with Gasteiger partial charge in [-0.15, -0.1) is 0 Å². The first-order valence-corrected chi connectivity index (χ1v) is 12.4. The fourth-order valence-electron chi connectivity index (χ4n) is 4.81. The van der Waals surface area contributed by atoms with Gasteiger partial charge in [0.05, 0.1) is 0 Å². The third kappa shape index (κ3) is 5.96. The molecule has 5 heteroatoms. The van der Waals surface area contributed by atoms with Gasteiger partial charge in [0.25, 0.3) is 5.91 Å². The molecule has 0 heterocycles. The standard InChI is InChI=1S/C29H34N2O3/c1-2-26(29(33)30-24-15-7-8-16-24)31(20-19-22-11-4-3-5-12-22)28(32)21-34-27-18-10-14-23-13-6-9-17-25(23)27/h3-6,9-14,17-18,24,26H,2,7-8,15-16,19-21H2,1H3,(H,30,33)/t26-/m1/s1. The first kappa shape index (κ1) is 23.8. The van der Waals surface area contributed by atoms with E-state index >= 15 is 0 Å². The van der Waals surface area contributed by atoms with E-state index in [-0.39, 0.29) is 24.5 Å². The smallest absolute Gasteiger partial charge is 0.261 e. The van der Waals surface area contributed by atoms with Crippen LogP contribution in [0.15, 0.2) is 72.8 Å². The summed E-state index contributed by atoms with van der Waals surface area (Å²) in [5.74, 6) is 0.455. The monoisotopic (exact) mass is 458 g/mol. The second kappa shape index (κ2) is 11.7. The first-order valence-electron chi connectivity index (χ1n) is 12.4. The lowest BCUT2D eigenvalue weighted by Crippen LogP contribution is -2.52. The molecule has 0 unspecified atom stereocenters. The van der Waals surface area contributed by atoms with Crippen molar-refractivity contribution in [1.29, 1.82) is 0 Å². The van der Waals surface area contributed by atoms with Crippen LogP contribution in [-0.4, -0.2) is 41.9 Å². The summed E-state index contributed by atoms with van der Waals surface area (Å²) in [7, 11) is 0. The number of hydrogen-bond acceptors (Lipinski definition) is 3. The minimum Gasteiger partial charge on any atom is -0.483 e. The lowest BCUT2D eigenvalue weighted by Gasteiger charge is -2.31. The Bertz CT molecular complexity index is 1090. The number of benzene rings is 3. The van der Waals surface area contributed by atoms with Gasteiger partial charge in [-0.1, -0.05) is 86.5 Å². The van der Waals surface area contributed by atoms with Crippen LogP contribution in [0.5, 0.6) is 5.75 Å². The number of nitrogens with zero attached hydrogens (tertiary/aromatic N) is 1. The lowest BCUT2D eigenvalue weighted by atomic mass is 10.1. The number of hydrogen-bond donors (Lipinski definition) is 1. The summed E-state index contributed by atoms with van der Waals surface area (Å²) in [6.07, 6.45) is 5.59. The van der Waals surface area contributed by atoms with E-state index in [1.54, 1.807) is 4.90 Å². The van der Waals surface area contributed by atoms with Gasteiger partial charge in [0.2, 0.25) is 5.91 Å². The second-order valence-electron chi connectivity index (χ2n) is 9.00. The highest BCUT2D eigenvalue weighted by Gasteiger charge is 2.30. The van der Waals surface area contributed by atoms with Crippen LogP contribution in [0.25, 0.3) is 10.8 Å². The van der Waals surface area contributed by atoms with Crippen molar-refractivity contribution in [3.63, 3.8) is 0 Å². The van der Waals surface area contributed by atoms with E-state index in [2.05, 4.69) is 17.4 Å². The molecule has 0 aliphatic heterocycles. The molecule has 34 heavy (non-hydrogen) atoms. The van der Waals surface area contributed by atoms with Gasteiger partial charge in [0.15, 0.2) is 6.61 Å². The highest BCUT2D eigenvalue weighted by atomic mass is 16.5. The molecule has 0 aromatic heterocycles. The number of rotatable bonds is 10. The highest BCUT2D eigenvalue weighted by molar-refractivity contribution is 5.90. The normalized spacial score (nSPS) is 14.6. The van der Waals surface area contributed by atoms with E-state index in [1.165, 1.54) is 0 Å². The number of nitrogens with one attached hydrogen (secondary N) is 1. The van der Waals surface area contributed by atoms with Crippen molar-refractivity contribution in [3.8, 4) is 5.75 Å². The largest absolute Gasteiger partial charge is 0.483 e. The zero-order valence-electron chi connectivity index (χ0n) is 19.9. The molecule has 2 amide bonds. The summed E-state index contributed by atoms with van der Waals surface area (Å²) < 4.78 is 6.00. The average Bonchev–Trinajstić information content (AvgIpc) is 3.38. The van der Waals surface area contributed by atoms with Gasteiger partial charge < -0.3 is 15.0 Å². The summed E-state index contributed by atoms with van der Waals surface area (Å²) in [6.45, 7) is 2.33. The Balaban J connectivity index is 1.49. The quantitative estimate of drug-likeness (QED) is 0.458. The van der Waals surface area contributed by atoms with Crippen molar-refractivity contribution in [1.82, 2.24) is 10.2 Å². The van der Waals surface area contributed by atoms with Crippen LogP contribution in [-0.2, 0) is 16.0 Å². The number of amides is 2. The molecule has 1 saturated carbocycles. The SMILES string of the molecule is CC[C@H](C(=O)NC1CCCC1)N(CCc1ccccc1)C(=O)COc1cccc2ccccc12. The van der Waals surface area contributed by atoms with Crippen LogP contribution in [0.4, 0.5) is 0 Å². The molecule has 0 spiro atoms. The molecule has 0 bridgehead atoms. The van der Waals surface area contributed by atoms with Crippen molar-refractivity contribution in [2.45, 2.75) is 57.5 Å². The van der Waals surface area contributed by atoms with Crippen LogP contribution in [0, 0.1) is 0 Å². The number of ether oxygens (including phenoxy) is 1. The third-order valence-corrected chi connectivity index (χ3v) is 6.67. The van der Waals surface area contributed by atoms with Crippen molar-refractivity contribution in [3.05, 3.63) is 78.4 Å². The van der Waals surface area contributed by atoms with Gasteiger partial charge in [-0.25, -0.2) is 0 Å². The van der Waals surface area contributed by atoms with Crippen molar-refractivity contribution < 1.29 is 14.3 Å². The lowest BCUT2D eigenvalue weighted by molar-refractivity contribution is -0.142. The molecule has 1 fully saturated rings. The predicted molar refractivity (Wildman–Crippen MR) is 136 cm³/mol. The number of fused-ring (bicyclic) bond motifs is 1. The summed E-state index contributed by atoms with van der Waals surface area (Å²) in [4.78, 5) is 28.3. The predicted octanol–water partition coefficient (Wildman–Crippen LogP) is 5.13. The topological polar surface area (TPSA) is 58.6 Å². The van der Waals surface area contributed by atoms with E-state index in [4.69, 9.17) is 4.74 Å². The van der Waals surface area contributed by atoms with Crippen LogP contribution >= 0.6 is 0 Å². The van der Waals surface area contributed by atoms with Crippen LogP contribution in [0.3, 0.4) is 0 Å². The molecular formula is C29H34N2O3. The van der Waals surface area contributed by atoms with E-state index < -0.39 is 6.04 Å². The van der Waals surface area contributed by atoms with Gasteiger partial charge in [-0.05, 0) is 42.7 Å². The number of carbonyl (C=O) groups is 2. The fraction of sp³-hybridized carbons (Fsp3) is 0.379. The van der Waals surface area contributed by atoms with Crippen molar-refractivity contribution >= 4 is 22.6 Å². The Kier molecular flexibility index (Phi) is 8.18. The zero-order valence-corrected chi connectivity index (χ0v) is 19.9. The maximum absolute atomic E-state index is 13.4. The Morgan fingerprint density at radius 3 is 2.44 bits per heavy atom. The summed E-state index contributed by atoms with van der Waals surface area (Å²) in [5.41, 5.74) is 1.14. The van der Waals surface area contributed by atoms with Crippen LogP contribution < -0.4 is 10.1 Å². The molecule has 0 radical (unpaired) electrons. The molecule has 3 aromatic rings. The second-order valence-corrected chi connectivity index (χ2v) is 9.00. The zero-order chi connectivity index (χ0) is 23.8. The molecule has 1 N–H and O–H groups in total. The number of carbonyl (C=O) groups excluding carboxylic acids is 2. The van der Waals surface area contributed by atoms with E-state index in [1.807, 2.05) is 67.6 Å². The summed E-state index contributed by atoms with van der Waals surface area (Å²) in [5, 5.41) is 5.23. The van der Waals surface area contributed by atoms with Gasteiger partial charge in [-0.2, -0.15) is 0 Å². The van der Waals surface area contributed by atoms with Crippen LogP contribution in [0.2, 0.25) is 0 Å². The third-order valence-electron chi connectivity index (χ3n) is 6.67. The Hall–Kier alpha value is -3.34. The first-order chi connectivity index (χ1) is 16.7. The average molecular weight is 459 g/mol. The van der Waals surface area contributed by atoms with E-state index in [9.17, 15) is 9.59 Å². The minimum atomic E-state index is -0.507. The van der Waals surface area contributed by atoms with Gasteiger partial charge >= 0.3 is 0 Å². The molecule has 5 nitrogen and oxygen atoms in total. The molecule has 4 rings (SSSR count). The Morgan fingerprint density at radius 2 is 1.68 bits per heavy atom. The van der Waals surface area contributed by atoms with Crippen molar-refractivity contribution in [2.24, 2.45) is 0 Å².